The van der Waals surface area contributed by atoms with Gasteiger partial charge in [-0.25, -0.2) is 4.98 Å². The van der Waals surface area contributed by atoms with Crippen LogP contribution in [0.3, 0.4) is 0 Å². The number of ether oxygens (including phenoxy) is 1. The van der Waals surface area contributed by atoms with Gasteiger partial charge in [-0.3, -0.25) is 14.9 Å². The molecule has 1 aromatic heterocycles. The Labute approximate surface area is 139 Å². The summed E-state index contributed by atoms with van der Waals surface area (Å²) in [6.45, 7) is -1.65. The van der Waals surface area contributed by atoms with E-state index >= 15 is 0 Å². The van der Waals surface area contributed by atoms with Gasteiger partial charge in [-0.2, -0.15) is 13.2 Å². The number of nitro benzene ring substituents is 1. The quantitative estimate of drug-likeness (QED) is 0.635. The molecule has 0 aliphatic heterocycles. The minimum atomic E-state index is -4.51. The first-order chi connectivity index (χ1) is 11.8. The van der Waals surface area contributed by atoms with Crippen LogP contribution < -0.4 is 10.1 Å². The van der Waals surface area contributed by atoms with Gasteiger partial charge in [-0.05, 0) is 12.1 Å². The number of aromatic nitrogens is 1. The summed E-state index contributed by atoms with van der Waals surface area (Å²) < 4.78 is 41.3. The molecular formula is C15H12F3N3O4. The summed E-state index contributed by atoms with van der Waals surface area (Å²) in [7, 11) is 0. The lowest BCUT2D eigenvalue weighted by molar-refractivity contribution is -0.384. The maximum Gasteiger partial charge on any atom is 0.422 e. The van der Waals surface area contributed by atoms with E-state index in [4.69, 9.17) is 0 Å². The Bertz CT molecular complexity index is 781. The molecule has 0 fully saturated rings. The highest BCUT2D eigenvalue weighted by molar-refractivity contribution is 5.94. The molecule has 0 spiro atoms. The lowest BCUT2D eigenvalue weighted by Crippen LogP contribution is -2.24. The van der Waals surface area contributed by atoms with E-state index in [1.54, 1.807) is 0 Å². The van der Waals surface area contributed by atoms with Crippen molar-refractivity contribution >= 4 is 11.6 Å². The lowest BCUT2D eigenvalue weighted by Gasteiger charge is -2.12. The van der Waals surface area contributed by atoms with Gasteiger partial charge in [0, 0.05) is 36.0 Å². The van der Waals surface area contributed by atoms with E-state index in [0.29, 0.717) is 0 Å². The number of alkyl halides is 3. The fourth-order valence-electron chi connectivity index (χ4n) is 1.88. The molecule has 0 aliphatic rings. The zero-order valence-corrected chi connectivity index (χ0v) is 12.6. The summed E-state index contributed by atoms with van der Waals surface area (Å²) in [5, 5.41) is 13.2. The van der Waals surface area contributed by atoms with Gasteiger partial charge in [0.2, 0.25) is 5.88 Å². The van der Waals surface area contributed by atoms with Crippen LogP contribution in [0.15, 0.2) is 42.6 Å². The molecular weight excluding hydrogens is 343 g/mol. The number of amides is 1. The largest absolute Gasteiger partial charge is 0.468 e. The summed E-state index contributed by atoms with van der Waals surface area (Å²) in [6.07, 6.45) is -3.25. The predicted molar refractivity (Wildman–Crippen MR) is 80.1 cm³/mol. The second kappa shape index (κ2) is 7.60. The number of halogens is 3. The van der Waals surface area contributed by atoms with E-state index in [2.05, 4.69) is 15.0 Å². The normalized spacial score (nSPS) is 11.0. The molecule has 1 heterocycles. The summed E-state index contributed by atoms with van der Waals surface area (Å²) >= 11 is 0. The number of nitrogens with zero attached hydrogens (tertiary/aromatic N) is 2. The van der Waals surface area contributed by atoms with Gasteiger partial charge in [0.15, 0.2) is 6.61 Å². The Hall–Kier alpha value is -3.17. The summed E-state index contributed by atoms with van der Waals surface area (Å²) in [5.74, 6) is -0.867. The van der Waals surface area contributed by atoms with Gasteiger partial charge in [0.1, 0.15) is 0 Å². The second-order valence-corrected chi connectivity index (χ2v) is 4.86. The number of nitro groups is 1. The molecule has 2 rings (SSSR count). The molecule has 1 amide bonds. The van der Waals surface area contributed by atoms with Crippen molar-refractivity contribution in [1.82, 2.24) is 10.3 Å². The van der Waals surface area contributed by atoms with E-state index in [1.807, 2.05) is 0 Å². The zero-order chi connectivity index (χ0) is 18.4. The molecule has 0 radical (unpaired) electrons. The van der Waals surface area contributed by atoms with Crippen molar-refractivity contribution in [1.29, 1.82) is 0 Å². The molecule has 2 aromatic rings. The van der Waals surface area contributed by atoms with E-state index < -0.39 is 23.6 Å². The highest BCUT2D eigenvalue weighted by Crippen LogP contribution is 2.20. The minimum Gasteiger partial charge on any atom is -0.468 e. The standard InChI is InChI=1S/C15H12F3N3O4/c16-15(17,18)9-25-14-11(4-2-6-19-14)8-20-13(22)10-3-1-5-12(7-10)21(23)24/h1-7H,8-9H2,(H,20,22). The van der Waals surface area contributed by atoms with E-state index in [1.165, 1.54) is 36.5 Å². The molecule has 1 aromatic carbocycles. The molecule has 0 bridgehead atoms. The first kappa shape index (κ1) is 18.2. The Morgan fingerprint density at radius 1 is 1.28 bits per heavy atom. The summed E-state index contributed by atoms with van der Waals surface area (Å²) in [6, 6.07) is 8.00. The van der Waals surface area contributed by atoms with Gasteiger partial charge < -0.3 is 10.1 Å². The Kier molecular flexibility index (Phi) is 5.52. The van der Waals surface area contributed by atoms with Crippen LogP contribution in [0, 0.1) is 10.1 Å². The van der Waals surface area contributed by atoms with Crippen LogP contribution in [0.25, 0.3) is 0 Å². The van der Waals surface area contributed by atoms with Crippen LogP contribution in [0.4, 0.5) is 18.9 Å². The fraction of sp³-hybridized carbons (Fsp3) is 0.200. The predicted octanol–water partition coefficient (Wildman–Crippen LogP) is 2.86. The van der Waals surface area contributed by atoms with Gasteiger partial charge >= 0.3 is 6.18 Å². The molecule has 0 aliphatic carbocycles. The van der Waals surface area contributed by atoms with E-state index in [0.717, 1.165) is 6.07 Å². The molecule has 0 atom stereocenters. The summed E-state index contributed by atoms with van der Waals surface area (Å²) in [5.41, 5.74) is 0.0459. The summed E-state index contributed by atoms with van der Waals surface area (Å²) in [4.78, 5) is 25.8. The number of non-ortho nitro benzene ring substituents is 1. The molecule has 0 saturated carbocycles. The van der Waals surface area contributed by atoms with Crippen molar-refractivity contribution in [2.24, 2.45) is 0 Å². The third kappa shape index (κ3) is 5.44. The number of carbonyl (C=O) groups excluding carboxylic acids is 1. The van der Waals surface area contributed by atoms with Crippen LogP contribution >= 0.6 is 0 Å². The maximum atomic E-state index is 12.2. The maximum absolute atomic E-state index is 12.2. The first-order valence-electron chi connectivity index (χ1n) is 6.92. The Morgan fingerprint density at radius 3 is 2.72 bits per heavy atom. The van der Waals surface area contributed by atoms with Crippen LogP contribution in [-0.4, -0.2) is 28.6 Å². The number of rotatable bonds is 6. The average molecular weight is 355 g/mol. The molecule has 7 nitrogen and oxygen atoms in total. The fourth-order valence-corrected chi connectivity index (χ4v) is 1.88. The molecule has 0 saturated heterocycles. The number of hydrogen-bond acceptors (Lipinski definition) is 5. The van der Waals surface area contributed by atoms with Gasteiger partial charge in [-0.15, -0.1) is 0 Å². The molecule has 10 heteroatoms. The van der Waals surface area contributed by atoms with Gasteiger partial charge in [0.25, 0.3) is 11.6 Å². The Morgan fingerprint density at radius 2 is 2.04 bits per heavy atom. The van der Waals surface area contributed by atoms with Crippen molar-refractivity contribution in [3.05, 3.63) is 63.8 Å². The van der Waals surface area contributed by atoms with Crippen molar-refractivity contribution in [3.8, 4) is 5.88 Å². The van der Waals surface area contributed by atoms with Crippen molar-refractivity contribution < 1.29 is 27.6 Å². The molecule has 0 unspecified atom stereocenters. The minimum absolute atomic E-state index is 0.0517. The van der Waals surface area contributed by atoms with Gasteiger partial charge in [0.05, 0.1) is 4.92 Å². The van der Waals surface area contributed by atoms with Crippen LogP contribution in [0.2, 0.25) is 0 Å². The van der Waals surface area contributed by atoms with Crippen LogP contribution in [-0.2, 0) is 6.54 Å². The highest BCUT2D eigenvalue weighted by Gasteiger charge is 2.29. The molecule has 132 valence electrons. The van der Waals surface area contributed by atoms with E-state index in [-0.39, 0.29) is 29.2 Å². The number of hydrogen-bond donors (Lipinski definition) is 1. The van der Waals surface area contributed by atoms with E-state index in [9.17, 15) is 28.1 Å². The van der Waals surface area contributed by atoms with Gasteiger partial charge in [-0.1, -0.05) is 12.1 Å². The second-order valence-electron chi connectivity index (χ2n) is 4.86. The molecule has 1 N–H and O–H groups in total. The SMILES string of the molecule is O=C(NCc1cccnc1OCC(F)(F)F)c1cccc([N+](=O)[O-])c1. The molecule has 25 heavy (non-hydrogen) atoms. The van der Waals surface area contributed by atoms with Crippen molar-refractivity contribution in [2.75, 3.05) is 6.61 Å². The number of carbonyl (C=O) groups is 1. The van der Waals surface area contributed by atoms with Crippen molar-refractivity contribution in [3.63, 3.8) is 0 Å². The number of pyridine rings is 1. The third-order valence-corrected chi connectivity index (χ3v) is 2.98. The van der Waals surface area contributed by atoms with Crippen molar-refractivity contribution in [2.45, 2.75) is 12.7 Å². The first-order valence-corrected chi connectivity index (χ1v) is 6.92. The smallest absolute Gasteiger partial charge is 0.422 e. The number of benzene rings is 1. The average Bonchev–Trinajstić information content (AvgIpc) is 2.58. The zero-order valence-electron chi connectivity index (χ0n) is 12.6. The highest BCUT2D eigenvalue weighted by atomic mass is 19.4. The Balaban J connectivity index is 2.05. The lowest BCUT2D eigenvalue weighted by atomic mass is 10.2. The third-order valence-electron chi connectivity index (χ3n) is 2.98. The van der Waals surface area contributed by atoms with Crippen LogP contribution in [0.1, 0.15) is 15.9 Å². The van der Waals surface area contributed by atoms with Crippen LogP contribution in [0.5, 0.6) is 5.88 Å². The monoisotopic (exact) mass is 355 g/mol. The number of nitrogens with one attached hydrogen (secondary N) is 1. The topological polar surface area (TPSA) is 94.4 Å².